The van der Waals surface area contributed by atoms with Crippen molar-refractivity contribution < 1.29 is 66.4 Å². The van der Waals surface area contributed by atoms with E-state index in [1.165, 1.54) is 37.2 Å². The second kappa shape index (κ2) is 27.3. The predicted octanol–water partition coefficient (Wildman–Crippen LogP) is 1.91. The van der Waals surface area contributed by atoms with Gasteiger partial charge in [-0.2, -0.15) is 0 Å². The molecule has 0 radical (unpaired) electrons. The standard InChI is InChI=1S/C49H58B2N8O14/c1-30(2)22-40(58-44(62)34(24-32-12-7-5-8-13-32)56-46(64)36-28-52-16-18-54-36)50-70-38(26-42(60)72-50)48(66)68-20-11-21-69-49(67)39-27-43(61)73-51(71-39)41(23-31(3)4)59-45(63)35(25-33-14-9-6-10-15-33)57-47(65)37-29-53-17-19-55-37/h5-10,12-19,28-31,34-35,38-41H,11,20-27H2,1-4H3,(H,56,64)(H,57,65)(H,58,62)(H,59,63)/t34-,35-,38+,39+,40-,41-/m0/s1. The molecule has 6 atom stereocenters. The molecule has 2 aliphatic heterocycles. The van der Waals surface area contributed by atoms with Crippen LogP contribution in [0.4, 0.5) is 0 Å². The average Bonchev–Trinajstić information content (AvgIpc) is 3.38. The zero-order chi connectivity index (χ0) is 52.3. The Hall–Kier alpha value is -7.59. The summed E-state index contributed by atoms with van der Waals surface area (Å²) in [5.41, 5.74) is 1.51. The summed E-state index contributed by atoms with van der Waals surface area (Å²) in [6.07, 6.45) is 5.02. The van der Waals surface area contributed by atoms with E-state index in [1.807, 2.05) is 39.8 Å². The molecule has 2 aliphatic rings. The zero-order valence-corrected chi connectivity index (χ0v) is 40.9. The van der Waals surface area contributed by atoms with Crippen LogP contribution in [0.5, 0.6) is 0 Å². The maximum Gasteiger partial charge on any atom is 0.551 e. The number of rotatable bonds is 24. The highest BCUT2D eigenvalue weighted by atomic mass is 16.7. The lowest BCUT2D eigenvalue weighted by Gasteiger charge is -2.32. The van der Waals surface area contributed by atoms with Crippen molar-refractivity contribution >= 4 is 61.7 Å². The molecule has 384 valence electrons. The van der Waals surface area contributed by atoms with Gasteiger partial charge in [-0.05, 0) is 35.8 Å². The minimum absolute atomic E-state index is 0.000378. The second-order valence-electron chi connectivity index (χ2n) is 18.2. The van der Waals surface area contributed by atoms with Gasteiger partial charge in [-0.15, -0.1) is 0 Å². The zero-order valence-electron chi connectivity index (χ0n) is 40.9. The van der Waals surface area contributed by atoms with E-state index in [9.17, 15) is 38.4 Å². The third kappa shape index (κ3) is 17.3. The number of amides is 4. The van der Waals surface area contributed by atoms with Gasteiger partial charge in [0.25, 0.3) is 23.8 Å². The molecule has 2 fully saturated rings. The van der Waals surface area contributed by atoms with Crippen molar-refractivity contribution in [1.29, 1.82) is 0 Å². The highest BCUT2D eigenvalue weighted by Gasteiger charge is 2.47. The normalized spacial score (nSPS) is 17.2. The molecule has 4 N–H and O–H groups in total. The fourth-order valence-corrected chi connectivity index (χ4v) is 7.83. The summed E-state index contributed by atoms with van der Waals surface area (Å²) in [6, 6.07) is 15.8. The molecule has 2 aromatic heterocycles. The van der Waals surface area contributed by atoms with Crippen molar-refractivity contribution in [3.8, 4) is 0 Å². The number of hydrogen-bond acceptors (Lipinski definition) is 18. The first-order valence-electron chi connectivity index (χ1n) is 24.0. The number of carbonyl (C=O) groups is 8. The Balaban J connectivity index is 1.01. The summed E-state index contributed by atoms with van der Waals surface area (Å²) in [4.78, 5) is 122. The van der Waals surface area contributed by atoms with Crippen LogP contribution in [-0.2, 0) is 69.7 Å². The van der Waals surface area contributed by atoms with Crippen molar-refractivity contribution in [1.82, 2.24) is 41.2 Å². The molecule has 0 spiro atoms. The Bertz CT molecular complexity index is 2330. The molecule has 24 heteroatoms. The van der Waals surface area contributed by atoms with Crippen molar-refractivity contribution in [2.75, 3.05) is 13.2 Å². The molecule has 2 saturated heterocycles. The van der Waals surface area contributed by atoms with Crippen molar-refractivity contribution in [3.63, 3.8) is 0 Å². The van der Waals surface area contributed by atoms with Crippen LogP contribution in [0.15, 0.2) is 97.8 Å². The minimum Gasteiger partial charge on any atom is -0.508 e. The number of nitrogens with one attached hydrogen (secondary N) is 4. The molecule has 22 nitrogen and oxygen atoms in total. The van der Waals surface area contributed by atoms with Crippen LogP contribution in [-0.4, -0.2) is 131 Å². The van der Waals surface area contributed by atoms with Crippen molar-refractivity contribution in [2.45, 2.75) is 109 Å². The summed E-state index contributed by atoms with van der Waals surface area (Å²) in [5, 5.41) is 11.1. The molecular weight excluding hydrogens is 946 g/mol. The fraction of sp³-hybridized carbons (Fsp3) is 0.429. The van der Waals surface area contributed by atoms with Gasteiger partial charge in [0, 0.05) is 44.0 Å². The van der Waals surface area contributed by atoms with Crippen LogP contribution in [0.2, 0.25) is 0 Å². The molecule has 73 heavy (non-hydrogen) atoms. The average molecular weight is 1000 g/mol. The molecule has 6 rings (SSSR count). The highest BCUT2D eigenvalue weighted by molar-refractivity contribution is 6.50. The maximum atomic E-state index is 13.9. The van der Waals surface area contributed by atoms with Gasteiger partial charge in [0.2, 0.25) is 11.8 Å². The van der Waals surface area contributed by atoms with E-state index in [0.29, 0.717) is 0 Å². The number of benzene rings is 2. The lowest BCUT2D eigenvalue weighted by molar-refractivity contribution is -0.164. The quantitative estimate of drug-likeness (QED) is 0.0443. The number of ether oxygens (including phenoxy) is 2. The minimum atomic E-state index is -1.40. The second-order valence-corrected chi connectivity index (χ2v) is 18.2. The maximum absolute atomic E-state index is 13.9. The summed E-state index contributed by atoms with van der Waals surface area (Å²) in [6.45, 7) is 6.99. The number of carbonyl (C=O) groups excluding carboxylic acids is 8. The van der Waals surface area contributed by atoms with E-state index in [0.717, 1.165) is 11.1 Å². The molecule has 0 bridgehead atoms. The smallest absolute Gasteiger partial charge is 0.508 e. The number of aromatic nitrogens is 4. The molecule has 2 aromatic carbocycles. The summed E-state index contributed by atoms with van der Waals surface area (Å²) in [7, 11) is -2.80. The number of hydrogen-bond donors (Lipinski definition) is 4. The lowest BCUT2D eigenvalue weighted by Crippen LogP contribution is -2.59. The van der Waals surface area contributed by atoms with Gasteiger partial charge in [0.05, 0.1) is 50.3 Å². The summed E-state index contributed by atoms with van der Waals surface area (Å²) in [5.74, 6) is -7.84. The third-order valence-electron chi connectivity index (χ3n) is 11.3. The van der Waals surface area contributed by atoms with Gasteiger partial charge in [0.15, 0.2) is 12.2 Å². The van der Waals surface area contributed by atoms with Gasteiger partial charge >= 0.3 is 26.2 Å². The SMILES string of the molecule is CC(C)C[C@H](NC(=O)[C@H](Cc1ccccc1)NC(=O)c1cnccn1)B1OC(=O)C[C@H](C(=O)OCCCOC(=O)[C@H]2CC(=O)OB([C@H](CC(C)C)NC(=O)[C@H](Cc3ccccc3)NC(=O)c3cnccn3)O2)O1. The van der Waals surface area contributed by atoms with E-state index >= 15 is 0 Å². The Labute approximate surface area is 422 Å². The largest absolute Gasteiger partial charge is 0.551 e. The van der Waals surface area contributed by atoms with Crippen molar-refractivity contribution in [2.24, 2.45) is 11.8 Å². The number of nitrogens with zero attached hydrogens (tertiary/aromatic N) is 4. The summed E-state index contributed by atoms with van der Waals surface area (Å²) < 4.78 is 33.7. The first kappa shape index (κ1) is 54.7. The molecular formula is C49H58B2N8O14. The van der Waals surface area contributed by atoms with Crippen LogP contribution in [0.25, 0.3) is 0 Å². The molecule has 4 amide bonds. The highest BCUT2D eigenvalue weighted by Crippen LogP contribution is 2.22. The van der Waals surface area contributed by atoms with Crippen LogP contribution >= 0.6 is 0 Å². The lowest BCUT2D eigenvalue weighted by atomic mass is 9.72. The van der Waals surface area contributed by atoms with Gasteiger partial charge in [0.1, 0.15) is 23.5 Å². The molecule has 4 aromatic rings. The van der Waals surface area contributed by atoms with Gasteiger partial charge in [-0.25, -0.2) is 19.6 Å². The van der Waals surface area contributed by atoms with Crippen molar-refractivity contribution in [3.05, 3.63) is 120 Å². The Kier molecular flexibility index (Phi) is 20.5. The Morgan fingerprint density at radius 2 is 0.986 bits per heavy atom. The predicted molar refractivity (Wildman–Crippen MR) is 259 cm³/mol. The fourth-order valence-electron chi connectivity index (χ4n) is 7.83. The van der Waals surface area contributed by atoms with E-state index in [4.69, 9.17) is 28.1 Å². The molecule has 0 unspecified atom stereocenters. The molecule has 4 heterocycles. The molecule has 0 saturated carbocycles. The van der Waals surface area contributed by atoms with E-state index in [2.05, 4.69) is 41.2 Å². The first-order valence-corrected chi connectivity index (χ1v) is 24.0. The van der Waals surface area contributed by atoms with E-state index < -0.39 is 111 Å². The van der Waals surface area contributed by atoms with E-state index in [1.54, 1.807) is 48.5 Å². The Morgan fingerprint density at radius 1 is 0.589 bits per heavy atom. The number of esters is 2. The topological polar surface area (TPSA) is 292 Å². The first-order chi connectivity index (χ1) is 35.1. The molecule has 0 aliphatic carbocycles. The van der Waals surface area contributed by atoms with Crippen LogP contribution < -0.4 is 21.3 Å². The van der Waals surface area contributed by atoms with E-state index in [-0.39, 0.29) is 68.5 Å². The Morgan fingerprint density at radius 3 is 1.34 bits per heavy atom. The van der Waals surface area contributed by atoms with Gasteiger partial charge in [-0.1, -0.05) is 88.4 Å². The third-order valence-corrected chi connectivity index (χ3v) is 11.3. The van der Waals surface area contributed by atoms with Gasteiger partial charge in [-0.3, -0.25) is 38.7 Å². The van der Waals surface area contributed by atoms with Crippen LogP contribution in [0, 0.1) is 11.8 Å². The van der Waals surface area contributed by atoms with Gasteiger partial charge < -0.3 is 49.4 Å². The van der Waals surface area contributed by atoms with Crippen LogP contribution in [0.1, 0.15) is 91.9 Å². The van der Waals surface area contributed by atoms with Crippen LogP contribution in [0.3, 0.4) is 0 Å². The summed E-state index contributed by atoms with van der Waals surface area (Å²) >= 11 is 0. The monoisotopic (exact) mass is 1000 g/mol.